The Hall–Kier alpha value is -0.640. The zero-order valence-corrected chi connectivity index (χ0v) is 27.2. The molecule has 0 aliphatic carbocycles. The molecule has 3 unspecified atom stereocenters. The Morgan fingerprint density at radius 2 is 0.610 bits per heavy atom. The number of alkyl halides is 9. The molecule has 0 amide bonds. The number of rotatable bonds is 9. The molecule has 0 N–H and O–H groups in total. The van der Waals surface area contributed by atoms with Gasteiger partial charge in [-0.25, -0.2) is 0 Å². The van der Waals surface area contributed by atoms with Crippen LogP contribution in [0.3, 0.4) is 0 Å². The molecule has 0 fully saturated rings. The third-order valence-electron chi connectivity index (χ3n) is 6.10. The van der Waals surface area contributed by atoms with Crippen LogP contribution in [0.15, 0.2) is 0 Å². The normalized spacial score (nSPS) is 15.7. The van der Waals surface area contributed by atoms with E-state index in [0.717, 1.165) is 0 Å². The van der Waals surface area contributed by atoms with Gasteiger partial charge in [0.15, 0.2) is 0 Å². The molecule has 0 aromatic heterocycles. The molecule has 0 saturated carbocycles. The van der Waals surface area contributed by atoms with E-state index in [2.05, 4.69) is 0 Å². The molecule has 0 aliphatic rings. The van der Waals surface area contributed by atoms with Crippen molar-refractivity contribution in [2.75, 3.05) is 63.4 Å². The van der Waals surface area contributed by atoms with Gasteiger partial charge < -0.3 is 32.7 Å². The van der Waals surface area contributed by atoms with Gasteiger partial charge in [-0.05, 0) is 19.3 Å². The maximum atomic E-state index is 12.0. The highest BCUT2D eigenvalue weighted by Crippen LogP contribution is 2.28. The predicted octanol–water partition coefficient (Wildman–Crippen LogP) is 4.45. The number of hydrogen-bond donors (Lipinski definition) is 0. The molecule has 0 radical (unpaired) electrons. The Morgan fingerprint density at radius 3 is 0.634 bits per heavy atom. The second-order valence-electron chi connectivity index (χ2n) is 12.4. The lowest BCUT2D eigenvalue weighted by molar-refractivity contribution is -0.897. The van der Waals surface area contributed by atoms with Crippen LogP contribution in [0.2, 0.25) is 0 Å². The molecule has 0 aromatic rings. The van der Waals surface area contributed by atoms with Gasteiger partial charge in [0.25, 0.3) is 0 Å². The minimum atomic E-state index is -5.39. The van der Waals surface area contributed by atoms with E-state index in [0.29, 0.717) is 32.7 Å². The fourth-order valence-electron chi connectivity index (χ4n) is 3.70. The summed E-state index contributed by atoms with van der Waals surface area (Å²) in [5.74, 6) is 0. The fourth-order valence-corrected chi connectivity index (χ4v) is 3.70. The Bertz CT molecular complexity index is 634. The smallest absolute Gasteiger partial charge is 0.394 e. The van der Waals surface area contributed by atoms with Gasteiger partial charge in [-0.3, -0.25) is 0 Å². The molecule has 3 atom stereocenters. The highest BCUT2D eigenvalue weighted by atomic mass is 31.2. The third kappa shape index (κ3) is 37.3. The molecule has 0 heterocycles. The van der Waals surface area contributed by atoms with Crippen molar-refractivity contribution >= 4 is 7.82 Å². The van der Waals surface area contributed by atoms with Gasteiger partial charge in [-0.1, -0.05) is 20.8 Å². The minimum Gasteiger partial charge on any atom is -0.822 e. The van der Waals surface area contributed by atoms with Crippen molar-refractivity contribution in [2.45, 2.75) is 96.0 Å². The van der Waals surface area contributed by atoms with Gasteiger partial charge in [-0.15, -0.1) is 0 Å². The summed E-state index contributed by atoms with van der Waals surface area (Å²) < 4.78 is 118. The van der Waals surface area contributed by atoms with Gasteiger partial charge in [0.2, 0.25) is 0 Å². The largest absolute Gasteiger partial charge is 0.822 e. The Labute approximate surface area is 239 Å². The monoisotopic (exact) mass is 647 g/mol. The Kier molecular flexibility index (Phi) is 21.0. The van der Waals surface area contributed by atoms with Crippen LogP contribution in [0, 0.1) is 0 Å². The lowest BCUT2D eigenvalue weighted by atomic mass is 10.1. The Morgan fingerprint density at radius 1 is 0.488 bits per heavy atom. The number of quaternary nitrogens is 3. The van der Waals surface area contributed by atoms with Crippen LogP contribution in [0.1, 0.15) is 59.3 Å². The third-order valence-corrected chi connectivity index (χ3v) is 6.10. The van der Waals surface area contributed by atoms with E-state index >= 15 is 0 Å². The van der Waals surface area contributed by atoms with Crippen molar-refractivity contribution in [2.24, 2.45) is 0 Å². The van der Waals surface area contributed by atoms with E-state index in [9.17, 15) is 39.5 Å². The van der Waals surface area contributed by atoms with Crippen molar-refractivity contribution in [3.8, 4) is 0 Å². The number of nitrogens with zero attached hydrogens (tertiary/aromatic N) is 3. The first-order valence-corrected chi connectivity index (χ1v) is 14.3. The van der Waals surface area contributed by atoms with Crippen LogP contribution in [0.25, 0.3) is 0 Å². The molecule has 0 saturated heterocycles. The molecule has 41 heavy (non-hydrogen) atoms. The first kappa shape index (κ1) is 47.3. The summed E-state index contributed by atoms with van der Waals surface area (Å²) in [6.45, 7) is 5.37. The summed E-state index contributed by atoms with van der Waals surface area (Å²) in [6.07, 6.45) is -12.5. The second-order valence-corrected chi connectivity index (χ2v) is 13.3. The van der Waals surface area contributed by atoms with E-state index in [1.54, 1.807) is 84.2 Å². The van der Waals surface area contributed by atoms with Gasteiger partial charge in [0.1, 0.15) is 0 Å². The average Bonchev–Trinajstić information content (AvgIpc) is 2.63. The van der Waals surface area contributed by atoms with Crippen molar-refractivity contribution < 1.29 is 72.2 Å². The van der Waals surface area contributed by atoms with Crippen LogP contribution < -0.4 is 14.7 Å². The quantitative estimate of drug-likeness (QED) is 0.211. The first-order chi connectivity index (χ1) is 17.5. The molecule has 0 rings (SSSR count). The fraction of sp³-hybridized carbons (Fsp3) is 1.00. The average molecular weight is 648 g/mol. The van der Waals surface area contributed by atoms with Crippen LogP contribution in [0.5, 0.6) is 0 Å². The maximum absolute atomic E-state index is 12.0. The van der Waals surface area contributed by atoms with Crippen LogP contribution in [-0.4, -0.2) is 114 Å². The van der Waals surface area contributed by atoms with Crippen LogP contribution in [-0.2, 0) is 4.57 Å². The zero-order chi connectivity index (χ0) is 34.5. The molecule has 7 nitrogen and oxygen atoms in total. The Balaban J connectivity index is -0.000000231. The van der Waals surface area contributed by atoms with E-state index < -0.39 is 45.6 Å². The predicted molar refractivity (Wildman–Crippen MR) is 136 cm³/mol. The molecule has 17 heteroatoms. The van der Waals surface area contributed by atoms with Crippen molar-refractivity contribution in [1.82, 2.24) is 0 Å². The topological polar surface area (TPSA) is 86.2 Å². The molecular formula is C24H51F9N3O4P. The van der Waals surface area contributed by atoms with Crippen molar-refractivity contribution in [3.05, 3.63) is 0 Å². The van der Waals surface area contributed by atoms with Crippen molar-refractivity contribution in [1.29, 1.82) is 0 Å². The maximum Gasteiger partial charge on any atom is 0.394 e. The minimum absolute atomic E-state index is 0.329. The highest BCUT2D eigenvalue weighted by Gasteiger charge is 2.38. The number of hydrogen-bond acceptors (Lipinski definition) is 4. The SMILES string of the molecule is CCC(CC(F)(F)F)[N+](C)(C)C.CCC(CC(F)(F)F)[N+](C)(C)C.CCC(CC(F)(F)F)[N+](C)(C)C.O=P([O-])([O-])[O-]. The summed E-state index contributed by atoms with van der Waals surface area (Å²) in [5, 5.41) is 0. The van der Waals surface area contributed by atoms with Crippen molar-refractivity contribution in [3.63, 3.8) is 0 Å². The highest BCUT2D eigenvalue weighted by molar-refractivity contribution is 7.40. The molecule has 0 spiro atoms. The number of halogens is 9. The summed E-state index contributed by atoms with van der Waals surface area (Å²) in [6, 6.07) is -0.986. The van der Waals surface area contributed by atoms with E-state index in [1.807, 2.05) is 0 Å². The van der Waals surface area contributed by atoms with Gasteiger partial charge in [0, 0.05) is 0 Å². The molecule has 254 valence electrons. The van der Waals surface area contributed by atoms with Gasteiger partial charge in [-0.2, -0.15) is 47.3 Å². The summed E-state index contributed by atoms with van der Waals surface area (Å²) in [4.78, 5) is 25.6. The molecule has 0 bridgehead atoms. The first-order valence-electron chi connectivity index (χ1n) is 12.9. The van der Waals surface area contributed by atoms with E-state index in [1.165, 1.54) is 0 Å². The molecular weight excluding hydrogens is 596 g/mol. The standard InChI is InChI=1S/3C8H17F3N.H3O4P/c3*1-5-7(12(2,3)4)6-8(9,10)11;1-5(2,3)4/h3*7H,5-6H2,1-4H3;(H3,1,2,3,4)/q3*+1;/p-3. The summed E-state index contributed by atoms with van der Waals surface area (Å²) in [5.41, 5.74) is 0. The zero-order valence-electron chi connectivity index (χ0n) is 26.3. The van der Waals surface area contributed by atoms with E-state index in [4.69, 9.17) is 19.2 Å². The summed E-state index contributed by atoms with van der Waals surface area (Å²) >= 11 is 0. The number of phosphoric acid groups is 1. The van der Waals surface area contributed by atoms with Gasteiger partial charge in [0.05, 0.1) is 101 Å². The van der Waals surface area contributed by atoms with Gasteiger partial charge >= 0.3 is 18.5 Å². The lowest BCUT2D eigenvalue weighted by Crippen LogP contribution is -2.46. The molecule has 0 aliphatic heterocycles. The summed E-state index contributed by atoms with van der Waals surface area (Å²) in [7, 11) is 10.7. The van der Waals surface area contributed by atoms with Crippen LogP contribution >= 0.6 is 7.82 Å². The lowest BCUT2D eigenvalue weighted by Gasteiger charge is -2.36. The molecule has 0 aromatic carbocycles. The van der Waals surface area contributed by atoms with Crippen LogP contribution in [0.4, 0.5) is 39.5 Å². The second kappa shape index (κ2) is 18.2. The van der Waals surface area contributed by atoms with E-state index in [-0.39, 0.29) is 18.1 Å².